The van der Waals surface area contributed by atoms with Gasteiger partial charge in [-0.3, -0.25) is 28.0 Å². The number of nitrogen functional groups attached to an aromatic ring is 1. The zero-order chi connectivity index (χ0) is 55.1. The van der Waals surface area contributed by atoms with E-state index in [0.717, 1.165) is 55.1 Å². The Kier molecular flexibility index (Phi) is 32.2. The molecule has 1 aromatic rings. The largest absolute Gasteiger partial charge is 0.481 e. The van der Waals surface area contributed by atoms with E-state index in [-0.39, 0.29) is 25.1 Å². The number of unbranched alkanes of at least 4 members (excludes halogenated alkanes) is 15. The fourth-order valence-electron chi connectivity index (χ4n) is 8.73. The Labute approximate surface area is 444 Å². The summed E-state index contributed by atoms with van der Waals surface area (Å²) in [7, 11) is -11.2. The van der Waals surface area contributed by atoms with Gasteiger partial charge in [-0.25, -0.2) is 13.9 Å². The Morgan fingerprint density at radius 3 is 2.09 bits per heavy atom. The number of fused-ring (bicyclic) bond motifs is 3. The molecule has 0 aliphatic carbocycles. The average Bonchev–Trinajstić information content (AvgIpc) is 3.36. The maximum atomic E-state index is 13.8. The second kappa shape index (κ2) is 36.7. The van der Waals surface area contributed by atoms with Gasteiger partial charge in [0.25, 0.3) is 0 Å². The Morgan fingerprint density at radius 2 is 1.47 bits per heavy atom. The maximum absolute atomic E-state index is 13.8. The molecule has 11 atom stereocenters. The van der Waals surface area contributed by atoms with Gasteiger partial charge in [-0.15, -0.1) is 0 Å². The monoisotopic (exact) mass is 1100 g/mol. The molecule has 0 aromatic carbocycles. The Bertz CT molecular complexity index is 2070. The molecule has 0 fully saturated rings. The number of cyclic esters (lactones) is 1. The smallest absolute Gasteiger partial charge is 0.462 e. The third-order valence-corrected chi connectivity index (χ3v) is 16.1. The minimum Gasteiger partial charge on any atom is -0.462 e. The van der Waals surface area contributed by atoms with Crippen molar-refractivity contribution in [2.24, 2.45) is 17.8 Å². The molecular formula is C53H89N3O17P2. The molecule has 2 bridgehead atoms. The number of nitrogens with two attached hydrogens (primary N) is 1. The van der Waals surface area contributed by atoms with E-state index in [1.54, 1.807) is 12.2 Å². The second-order valence-electron chi connectivity index (χ2n) is 20.0. The highest BCUT2D eigenvalue weighted by atomic mass is 31.3. The molecule has 22 heteroatoms. The van der Waals surface area contributed by atoms with Gasteiger partial charge >= 0.3 is 33.3 Å². The average molecular weight is 1100 g/mol. The van der Waals surface area contributed by atoms with Crippen LogP contribution in [-0.2, 0) is 51.1 Å². The number of aliphatic hydroxyl groups excluding tert-OH is 3. The molecule has 0 radical (unpaired) electrons. The predicted molar refractivity (Wildman–Crippen MR) is 284 cm³/mol. The summed E-state index contributed by atoms with van der Waals surface area (Å²) in [5, 5.41) is 33.9. The van der Waals surface area contributed by atoms with E-state index in [1.165, 1.54) is 101 Å². The molecule has 0 amide bonds. The number of ketones is 1. The molecule has 0 saturated carbocycles. The molecule has 1 aromatic heterocycles. The van der Waals surface area contributed by atoms with Crippen LogP contribution in [0.15, 0.2) is 53.5 Å². The number of carbonyl (C=O) groups excluding carboxylic acids is 3. The van der Waals surface area contributed by atoms with Crippen molar-refractivity contribution in [2.45, 2.75) is 218 Å². The lowest BCUT2D eigenvalue weighted by atomic mass is 9.88. The zero-order valence-electron chi connectivity index (χ0n) is 44.6. The van der Waals surface area contributed by atoms with Crippen molar-refractivity contribution < 1.29 is 76.2 Å². The molecule has 2 aliphatic heterocycles. The molecular weight excluding hydrogens is 1010 g/mol. The molecule has 75 heavy (non-hydrogen) atoms. The van der Waals surface area contributed by atoms with E-state index in [0.29, 0.717) is 32.1 Å². The molecule has 0 spiro atoms. The van der Waals surface area contributed by atoms with Gasteiger partial charge in [0.05, 0.1) is 31.3 Å². The van der Waals surface area contributed by atoms with Crippen LogP contribution in [0.2, 0.25) is 0 Å². The molecule has 0 saturated heterocycles. The number of phosphoric acid groups is 2. The van der Waals surface area contributed by atoms with Crippen LogP contribution < -0.4 is 11.4 Å². The van der Waals surface area contributed by atoms with Crippen molar-refractivity contribution in [3.8, 4) is 0 Å². The summed E-state index contributed by atoms with van der Waals surface area (Å²) < 4.78 is 59.2. The van der Waals surface area contributed by atoms with E-state index in [2.05, 4.69) is 23.1 Å². The lowest BCUT2D eigenvalue weighted by Gasteiger charge is -2.36. The summed E-state index contributed by atoms with van der Waals surface area (Å²) >= 11 is 0. The Morgan fingerprint density at radius 1 is 0.853 bits per heavy atom. The fourth-order valence-corrected chi connectivity index (χ4v) is 10.8. The van der Waals surface area contributed by atoms with Gasteiger partial charge < -0.3 is 45.1 Å². The van der Waals surface area contributed by atoms with Crippen LogP contribution in [-0.4, -0.2) is 103 Å². The van der Waals surface area contributed by atoms with Crippen molar-refractivity contribution in [3.63, 3.8) is 0 Å². The van der Waals surface area contributed by atoms with Gasteiger partial charge in [0.1, 0.15) is 30.9 Å². The first-order valence-electron chi connectivity index (χ1n) is 27.4. The van der Waals surface area contributed by atoms with Gasteiger partial charge in [0.15, 0.2) is 11.9 Å². The number of anilines is 1. The number of rotatable bonds is 26. The summed E-state index contributed by atoms with van der Waals surface area (Å²) in [5.41, 5.74) is 4.84. The lowest BCUT2D eigenvalue weighted by Crippen LogP contribution is -2.49. The van der Waals surface area contributed by atoms with E-state index in [4.69, 9.17) is 29.0 Å². The van der Waals surface area contributed by atoms with Crippen LogP contribution in [0.1, 0.15) is 188 Å². The highest BCUT2D eigenvalue weighted by molar-refractivity contribution is 7.61. The lowest BCUT2D eigenvalue weighted by molar-refractivity contribution is -0.167. The van der Waals surface area contributed by atoms with Crippen molar-refractivity contribution in [2.75, 3.05) is 25.6 Å². The van der Waals surface area contributed by atoms with Gasteiger partial charge in [0, 0.05) is 25.0 Å². The molecule has 428 valence electrons. The molecule has 3 rings (SSSR count). The number of carbonyl (C=O) groups is 3. The summed E-state index contributed by atoms with van der Waals surface area (Å²) in [6.45, 7) is 3.92. The SMILES string of the molecule is CCCCC[C@H](O)C=C[C@H]1C(=O)/C=C\[C@@H]2C/C=C\CCCC(=O)OC[C@@H](OC(=O)CCCCCCCCCCCCCCCCC(C)CC)COP(=O)(O)OP(=O)(O)OC[C@@H](O[C@H]2n2ccc(N)nc2=O)[C@@H](O)[C@H]1O. The first kappa shape index (κ1) is 65.9. The van der Waals surface area contributed by atoms with E-state index < -0.39 is 107 Å². The van der Waals surface area contributed by atoms with Crippen LogP contribution in [0.25, 0.3) is 0 Å². The van der Waals surface area contributed by atoms with Crippen LogP contribution >= 0.6 is 15.6 Å². The van der Waals surface area contributed by atoms with Crippen LogP contribution in [0.5, 0.6) is 0 Å². The third kappa shape index (κ3) is 27.7. The van der Waals surface area contributed by atoms with Crippen molar-refractivity contribution >= 4 is 39.2 Å². The van der Waals surface area contributed by atoms with Gasteiger partial charge in [-0.1, -0.05) is 167 Å². The number of ether oxygens (including phenoxy) is 3. The Hall–Kier alpha value is -3.39. The zero-order valence-corrected chi connectivity index (χ0v) is 46.4. The molecule has 3 heterocycles. The third-order valence-electron chi connectivity index (χ3n) is 13.5. The van der Waals surface area contributed by atoms with Gasteiger partial charge in [0.2, 0.25) is 0 Å². The number of phosphoric ester groups is 2. The Balaban J connectivity index is 1.71. The first-order valence-corrected chi connectivity index (χ1v) is 30.4. The van der Waals surface area contributed by atoms with E-state index in [9.17, 15) is 53.4 Å². The van der Waals surface area contributed by atoms with E-state index in [1.807, 2.05) is 6.92 Å². The number of aromatic nitrogens is 2. The number of aliphatic hydroxyl groups is 3. The van der Waals surface area contributed by atoms with E-state index >= 15 is 0 Å². The molecule has 20 nitrogen and oxygen atoms in total. The minimum atomic E-state index is -5.68. The topological polar surface area (TPSA) is 303 Å². The quantitative estimate of drug-likeness (QED) is 0.0218. The molecule has 3 unspecified atom stereocenters. The fraction of sp³-hybridized carbons (Fsp3) is 0.755. The minimum absolute atomic E-state index is 0.0122. The highest BCUT2D eigenvalue weighted by Gasteiger charge is 2.42. The van der Waals surface area contributed by atoms with Crippen LogP contribution in [0.3, 0.4) is 0 Å². The summed E-state index contributed by atoms with van der Waals surface area (Å²) in [6.07, 6.45) is 21.8. The number of esters is 2. The summed E-state index contributed by atoms with van der Waals surface area (Å²) in [4.78, 5) is 78.1. The van der Waals surface area contributed by atoms with Gasteiger partial charge in [-0.2, -0.15) is 9.29 Å². The number of hydrogen-bond donors (Lipinski definition) is 6. The normalized spacial score (nSPS) is 28.7. The highest BCUT2D eigenvalue weighted by Crippen LogP contribution is 2.60. The number of hydrogen-bond acceptors (Lipinski definition) is 17. The summed E-state index contributed by atoms with van der Waals surface area (Å²) in [5.74, 6) is -3.84. The van der Waals surface area contributed by atoms with Crippen molar-refractivity contribution in [1.82, 2.24) is 9.55 Å². The van der Waals surface area contributed by atoms with Crippen LogP contribution in [0, 0.1) is 17.8 Å². The van der Waals surface area contributed by atoms with Crippen LogP contribution in [0.4, 0.5) is 5.82 Å². The van der Waals surface area contributed by atoms with Gasteiger partial charge in [-0.05, 0) is 50.2 Å². The standard InChI is InChI=1S/C53H89N3O17P2/c1-4-6-21-28-42(57)32-33-44-45(58)34-31-41-27-23-19-20-24-29-48(59)68-37-43(71-49(60)30-25-18-16-14-12-10-8-7-9-11-13-15-17-22-26-40(3)5-2)38-69-74(64,65)73-75(66,67)70-39-46(51(62)50(44)61)72-52(41)56-36-35-47(54)55-53(56)63/h19,23,31-36,40-44,46,50-52,57,61-62H,4-18,20-22,24-30,37-39H2,1-3H3,(H,64,65)(H,66,67)(H2,54,55,63)/b23-19-,33-32?,34-31-/t40?,41-,42-,43+,44-,46+,50-,51+,52+/m0/s1. The summed E-state index contributed by atoms with van der Waals surface area (Å²) in [6, 6.07) is 1.28. The molecule has 2 aliphatic rings. The number of allylic oxidation sites excluding steroid dienone is 3. The van der Waals surface area contributed by atoms with Crippen molar-refractivity contribution in [1.29, 1.82) is 0 Å². The molecule has 7 N–H and O–H groups in total. The first-order chi connectivity index (χ1) is 35.8. The number of nitrogens with zero attached hydrogens (tertiary/aromatic N) is 2. The maximum Gasteiger partial charge on any atom is 0.481 e. The van der Waals surface area contributed by atoms with Crippen molar-refractivity contribution in [3.05, 3.63) is 59.2 Å². The predicted octanol–water partition coefficient (Wildman–Crippen LogP) is 9.42. The second-order valence-corrected chi connectivity index (χ2v) is 23.0.